The molecule has 0 spiro atoms. The number of carbonyl (C=O) groups is 2. The largest absolute Gasteiger partial charge is 0.494 e. The molecule has 1 N–H and O–H groups in total. The molecule has 0 fully saturated rings. The highest BCUT2D eigenvalue weighted by molar-refractivity contribution is 5.96. The van der Waals surface area contributed by atoms with E-state index < -0.39 is 29.3 Å². The van der Waals surface area contributed by atoms with Gasteiger partial charge in [-0.1, -0.05) is 0 Å². The van der Waals surface area contributed by atoms with Crippen molar-refractivity contribution in [3.63, 3.8) is 0 Å². The van der Waals surface area contributed by atoms with Crippen LogP contribution in [0.25, 0.3) is 0 Å². The molecule has 1 aromatic carbocycles. The van der Waals surface area contributed by atoms with Crippen LogP contribution in [0, 0.1) is 5.82 Å². The number of rotatable bonds is 4. The summed E-state index contributed by atoms with van der Waals surface area (Å²) in [6.45, 7) is 6.71. The van der Waals surface area contributed by atoms with Crippen LogP contribution >= 0.6 is 0 Å². The summed E-state index contributed by atoms with van der Waals surface area (Å²) in [5.74, 6) is -1.71. The summed E-state index contributed by atoms with van der Waals surface area (Å²) in [7, 11) is 1.34. The van der Waals surface area contributed by atoms with Gasteiger partial charge in [-0.05, 0) is 45.9 Å². The van der Waals surface area contributed by atoms with Crippen molar-refractivity contribution in [2.24, 2.45) is 0 Å². The molecule has 0 radical (unpaired) electrons. The smallest absolute Gasteiger partial charge is 0.328 e. The Morgan fingerprint density at radius 2 is 1.90 bits per heavy atom. The van der Waals surface area contributed by atoms with E-state index in [1.165, 1.54) is 26.2 Å². The molecule has 21 heavy (non-hydrogen) atoms. The van der Waals surface area contributed by atoms with E-state index in [0.29, 0.717) is 0 Å². The summed E-state index contributed by atoms with van der Waals surface area (Å²) >= 11 is 0. The maximum Gasteiger partial charge on any atom is 0.328 e. The van der Waals surface area contributed by atoms with E-state index >= 15 is 0 Å². The second-order valence-electron chi connectivity index (χ2n) is 5.58. The molecule has 1 aromatic rings. The number of benzene rings is 1. The van der Waals surface area contributed by atoms with Crippen LogP contribution in [-0.2, 0) is 9.53 Å². The molecule has 5 nitrogen and oxygen atoms in total. The third kappa shape index (κ3) is 5.06. The second-order valence-corrected chi connectivity index (χ2v) is 5.58. The van der Waals surface area contributed by atoms with Crippen molar-refractivity contribution < 1.29 is 23.5 Å². The van der Waals surface area contributed by atoms with Gasteiger partial charge in [-0.3, -0.25) is 4.79 Å². The van der Waals surface area contributed by atoms with Gasteiger partial charge in [0.05, 0.1) is 7.11 Å². The molecule has 6 heteroatoms. The van der Waals surface area contributed by atoms with E-state index in [1.807, 2.05) is 0 Å². The minimum Gasteiger partial charge on any atom is -0.494 e. The number of methoxy groups -OCH3 is 1. The molecular formula is C15H20FNO4. The normalized spacial score (nSPS) is 12.5. The number of hydrogen-bond donors (Lipinski definition) is 1. The predicted molar refractivity (Wildman–Crippen MR) is 75.7 cm³/mol. The van der Waals surface area contributed by atoms with E-state index in [1.54, 1.807) is 20.8 Å². The van der Waals surface area contributed by atoms with E-state index in [0.717, 1.165) is 6.07 Å². The quantitative estimate of drug-likeness (QED) is 0.866. The number of hydrogen-bond acceptors (Lipinski definition) is 4. The van der Waals surface area contributed by atoms with Crippen LogP contribution in [0.5, 0.6) is 5.75 Å². The van der Waals surface area contributed by atoms with Crippen molar-refractivity contribution in [1.82, 2.24) is 5.32 Å². The summed E-state index contributed by atoms with van der Waals surface area (Å²) in [4.78, 5) is 23.7. The summed E-state index contributed by atoms with van der Waals surface area (Å²) in [6, 6.07) is 2.99. The Morgan fingerprint density at radius 1 is 1.29 bits per heavy atom. The number of nitrogens with one attached hydrogen (secondary N) is 1. The lowest BCUT2D eigenvalue weighted by Crippen LogP contribution is -2.42. The Bertz CT molecular complexity index is 537. The highest BCUT2D eigenvalue weighted by atomic mass is 19.1. The van der Waals surface area contributed by atoms with E-state index in [-0.39, 0.29) is 11.3 Å². The lowest BCUT2D eigenvalue weighted by atomic mass is 10.1. The zero-order chi connectivity index (χ0) is 16.2. The maximum atomic E-state index is 13.5. The fraction of sp³-hybridized carbons (Fsp3) is 0.467. The van der Waals surface area contributed by atoms with Crippen LogP contribution in [0.1, 0.15) is 38.1 Å². The van der Waals surface area contributed by atoms with Crippen molar-refractivity contribution in [3.8, 4) is 5.75 Å². The molecule has 0 aliphatic heterocycles. The minimum atomic E-state index is -0.832. The van der Waals surface area contributed by atoms with Crippen LogP contribution in [0.2, 0.25) is 0 Å². The Morgan fingerprint density at radius 3 is 2.38 bits per heavy atom. The molecule has 0 heterocycles. The minimum absolute atomic E-state index is 0.0479. The Labute approximate surface area is 123 Å². The second kappa shape index (κ2) is 6.56. The fourth-order valence-electron chi connectivity index (χ4n) is 1.54. The van der Waals surface area contributed by atoms with Gasteiger partial charge in [0.15, 0.2) is 11.6 Å². The highest BCUT2D eigenvalue weighted by Crippen LogP contribution is 2.17. The first kappa shape index (κ1) is 16.9. The van der Waals surface area contributed by atoms with E-state index in [4.69, 9.17) is 9.47 Å². The molecular weight excluding hydrogens is 277 g/mol. The zero-order valence-electron chi connectivity index (χ0n) is 12.8. The molecule has 0 unspecified atom stereocenters. The first-order valence-corrected chi connectivity index (χ1v) is 6.51. The van der Waals surface area contributed by atoms with Crippen molar-refractivity contribution in [1.29, 1.82) is 0 Å². The Kier molecular flexibility index (Phi) is 5.29. The van der Waals surface area contributed by atoms with Crippen LogP contribution < -0.4 is 10.1 Å². The molecule has 0 aromatic heterocycles. The molecule has 0 saturated carbocycles. The third-order valence-corrected chi connectivity index (χ3v) is 2.52. The molecule has 0 saturated heterocycles. The Balaban J connectivity index is 2.72. The SMILES string of the molecule is COc1ccc(C(=O)N[C@H](C)C(=O)OC(C)(C)C)cc1F. The van der Waals surface area contributed by atoms with Crippen LogP contribution in [-0.4, -0.2) is 30.6 Å². The third-order valence-electron chi connectivity index (χ3n) is 2.52. The number of ether oxygens (including phenoxy) is 2. The summed E-state index contributed by atoms with van der Waals surface area (Å²) in [6.07, 6.45) is 0. The molecule has 0 bridgehead atoms. The molecule has 0 aliphatic carbocycles. The number of halogens is 1. The van der Waals surface area contributed by atoms with Gasteiger partial charge in [-0.15, -0.1) is 0 Å². The van der Waals surface area contributed by atoms with Crippen LogP contribution in [0.4, 0.5) is 4.39 Å². The van der Waals surface area contributed by atoms with Crippen molar-refractivity contribution in [3.05, 3.63) is 29.6 Å². The van der Waals surface area contributed by atoms with Gasteiger partial charge >= 0.3 is 5.97 Å². The number of carbonyl (C=O) groups excluding carboxylic acids is 2. The zero-order valence-corrected chi connectivity index (χ0v) is 12.8. The average molecular weight is 297 g/mol. The summed E-state index contributed by atoms with van der Waals surface area (Å²) in [5, 5.41) is 2.46. The summed E-state index contributed by atoms with van der Waals surface area (Å²) in [5.41, 5.74) is -0.536. The van der Waals surface area contributed by atoms with Crippen molar-refractivity contribution in [2.45, 2.75) is 39.3 Å². The molecule has 1 amide bonds. The van der Waals surface area contributed by atoms with Gasteiger partial charge in [-0.2, -0.15) is 0 Å². The average Bonchev–Trinajstić information content (AvgIpc) is 2.36. The first-order chi connectivity index (χ1) is 9.64. The maximum absolute atomic E-state index is 13.5. The van der Waals surface area contributed by atoms with E-state index in [2.05, 4.69) is 5.32 Å². The topological polar surface area (TPSA) is 64.6 Å². The van der Waals surface area contributed by atoms with E-state index in [9.17, 15) is 14.0 Å². The molecule has 1 atom stereocenters. The fourth-order valence-corrected chi connectivity index (χ4v) is 1.54. The van der Waals surface area contributed by atoms with Crippen LogP contribution in [0.15, 0.2) is 18.2 Å². The van der Waals surface area contributed by atoms with Gasteiger partial charge in [0.1, 0.15) is 11.6 Å². The van der Waals surface area contributed by atoms with Gasteiger partial charge in [0.2, 0.25) is 0 Å². The van der Waals surface area contributed by atoms with Gasteiger partial charge in [-0.25, -0.2) is 9.18 Å². The first-order valence-electron chi connectivity index (χ1n) is 6.51. The standard InChI is InChI=1S/C15H20FNO4/c1-9(14(19)21-15(2,3)4)17-13(18)10-6-7-12(20-5)11(16)8-10/h6-9H,1-5H3,(H,17,18)/t9-/m1/s1. The van der Waals surface area contributed by atoms with Gasteiger partial charge in [0, 0.05) is 5.56 Å². The molecule has 116 valence electrons. The van der Waals surface area contributed by atoms with Crippen molar-refractivity contribution >= 4 is 11.9 Å². The Hall–Kier alpha value is -2.11. The molecule has 0 aliphatic rings. The number of amides is 1. The number of esters is 1. The van der Waals surface area contributed by atoms with Crippen LogP contribution in [0.3, 0.4) is 0 Å². The molecule has 1 rings (SSSR count). The van der Waals surface area contributed by atoms with Crippen molar-refractivity contribution in [2.75, 3.05) is 7.11 Å². The monoisotopic (exact) mass is 297 g/mol. The van der Waals surface area contributed by atoms with Gasteiger partial charge in [0.25, 0.3) is 5.91 Å². The summed E-state index contributed by atoms with van der Waals surface area (Å²) < 4.78 is 23.5. The lowest BCUT2D eigenvalue weighted by molar-refractivity contribution is -0.156. The highest BCUT2D eigenvalue weighted by Gasteiger charge is 2.23. The lowest BCUT2D eigenvalue weighted by Gasteiger charge is -2.22. The predicted octanol–water partition coefficient (Wildman–Crippen LogP) is 2.29. The van der Waals surface area contributed by atoms with Gasteiger partial charge < -0.3 is 14.8 Å².